The zero-order chi connectivity index (χ0) is 17.9. The summed E-state index contributed by atoms with van der Waals surface area (Å²) in [5, 5.41) is 2.86. The van der Waals surface area contributed by atoms with Gasteiger partial charge in [-0.15, -0.1) is 0 Å². The van der Waals surface area contributed by atoms with Crippen LogP contribution in [0.25, 0.3) is 0 Å². The van der Waals surface area contributed by atoms with E-state index >= 15 is 0 Å². The molecule has 0 spiro atoms. The summed E-state index contributed by atoms with van der Waals surface area (Å²) in [6.45, 7) is 1.74. The lowest BCUT2D eigenvalue weighted by Gasteiger charge is -2.14. The SMILES string of the molecule is C[C@H](CCc1ccccc1)NC(=O)COC(=O)CCc1ccccc1. The monoisotopic (exact) mass is 339 g/mol. The van der Waals surface area contributed by atoms with Crippen LogP contribution in [-0.4, -0.2) is 24.5 Å². The van der Waals surface area contributed by atoms with Gasteiger partial charge in [0.25, 0.3) is 5.91 Å². The zero-order valence-corrected chi connectivity index (χ0v) is 14.6. The fraction of sp³-hybridized carbons (Fsp3) is 0.333. The minimum atomic E-state index is -0.351. The summed E-state index contributed by atoms with van der Waals surface area (Å²) in [6.07, 6.45) is 2.65. The number of hydrogen-bond acceptors (Lipinski definition) is 3. The van der Waals surface area contributed by atoms with Crippen LogP contribution in [0.2, 0.25) is 0 Å². The predicted octanol–water partition coefficient (Wildman–Crippen LogP) is 3.30. The van der Waals surface area contributed by atoms with Crippen molar-refractivity contribution in [3.05, 3.63) is 71.8 Å². The van der Waals surface area contributed by atoms with E-state index in [0.29, 0.717) is 6.42 Å². The summed E-state index contributed by atoms with van der Waals surface area (Å²) in [5.41, 5.74) is 2.33. The maximum absolute atomic E-state index is 11.9. The maximum atomic E-state index is 11.9. The van der Waals surface area contributed by atoms with Crippen LogP contribution in [0.4, 0.5) is 0 Å². The van der Waals surface area contributed by atoms with E-state index in [2.05, 4.69) is 17.4 Å². The van der Waals surface area contributed by atoms with Gasteiger partial charge in [-0.25, -0.2) is 0 Å². The molecule has 0 aromatic heterocycles. The Bertz CT molecular complexity index is 655. The number of esters is 1. The molecule has 0 heterocycles. The van der Waals surface area contributed by atoms with E-state index in [0.717, 1.165) is 18.4 Å². The highest BCUT2D eigenvalue weighted by atomic mass is 16.5. The van der Waals surface area contributed by atoms with Gasteiger partial charge in [0.1, 0.15) is 0 Å². The Balaban J connectivity index is 1.60. The summed E-state index contributed by atoms with van der Waals surface area (Å²) in [7, 11) is 0. The first-order valence-electron chi connectivity index (χ1n) is 8.66. The minimum Gasteiger partial charge on any atom is -0.456 e. The summed E-state index contributed by atoms with van der Waals surface area (Å²) in [5.74, 6) is -0.607. The van der Waals surface area contributed by atoms with Crippen molar-refractivity contribution in [2.75, 3.05) is 6.61 Å². The summed E-state index contributed by atoms with van der Waals surface area (Å²) in [6, 6.07) is 19.9. The molecule has 1 N–H and O–H groups in total. The first kappa shape index (κ1) is 18.7. The van der Waals surface area contributed by atoms with Crippen LogP contribution in [0.15, 0.2) is 60.7 Å². The molecule has 0 unspecified atom stereocenters. The van der Waals surface area contributed by atoms with Crippen LogP contribution in [0, 0.1) is 0 Å². The maximum Gasteiger partial charge on any atom is 0.306 e. The summed E-state index contributed by atoms with van der Waals surface area (Å²) >= 11 is 0. The third-order valence-corrected chi connectivity index (χ3v) is 3.94. The molecule has 0 aliphatic carbocycles. The molecule has 0 saturated heterocycles. The number of rotatable bonds is 9. The van der Waals surface area contributed by atoms with Crippen LogP contribution in [0.5, 0.6) is 0 Å². The van der Waals surface area contributed by atoms with Crippen molar-refractivity contribution in [3.8, 4) is 0 Å². The van der Waals surface area contributed by atoms with E-state index in [1.807, 2.05) is 55.5 Å². The number of ether oxygens (including phenoxy) is 1. The van der Waals surface area contributed by atoms with Crippen molar-refractivity contribution in [2.45, 2.75) is 38.6 Å². The number of amides is 1. The lowest BCUT2D eigenvalue weighted by Crippen LogP contribution is -2.36. The van der Waals surface area contributed by atoms with E-state index in [1.165, 1.54) is 5.56 Å². The van der Waals surface area contributed by atoms with Crippen molar-refractivity contribution >= 4 is 11.9 Å². The molecule has 0 bridgehead atoms. The number of nitrogens with one attached hydrogen (secondary N) is 1. The van der Waals surface area contributed by atoms with Gasteiger partial charge in [0.05, 0.1) is 0 Å². The first-order chi connectivity index (χ1) is 12.1. The molecule has 25 heavy (non-hydrogen) atoms. The molecule has 2 aromatic rings. The van der Waals surface area contributed by atoms with Gasteiger partial charge in [-0.3, -0.25) is 9.59 Å². The fourth-order valence-electron chi connectivity index (χ4n) is 2.53. The molecule has 4 nitrogen and oxygen atoms in total. The van der Waals surface area contributed by atoms with Crippen molar-refractivity contribution in [2.24, 2.45) is 0 Å². The van der Waals surface area contributed by atoms with Gasteiger partial charge >= 0.3 is 5.97 Å². The topological polar surface area (TPSA) is 55.4 Å². The molecule has 2 rings (SSSR count). The van der Waals surface area contributed by atoms with Gasteiger partial charge < -0.3 is 10.1 Å². The standard InChI is InChI=1S/C21H25NO3/c1-17(12-13-18-8-4-2-5-9-18)22-20(23)16-25-21(24)15-14-19-10-6-3-7-11-19/h2-11,17H,12-16H2,1H3,(H,22,23)/t17-/m1/s1. The normalized spacial score (nSPS) is 11.6. The highest BCUT2D eigenvalue weighted by Crippen LogP contribution is 2.05. The van der Waals surface area contributed by atoms with E-state index in [9.17, 15) is 9.59 Å². The number of hydrogen-bond donors (Lipinski definition) is 1. The number of carbonyl (C=O) groups is 2. The Morgan fingerprint density at radius 2 is 1.48 bits per heavy atom. The second kappa shape index (κ2) is 10.3. The third kappa shape index (κ3) is 7.66. The second-order valence-electron chi connectivity index (χ2n) is 6.14. The van der Waals surface area contributed by atoms with Crippen LogP contribution >= 0.6 is 0 Å². The van der Waals surface area contributed by atoms with E-state index in [1.54, 1.807) is 0 Å². The van der Waals surface area contributed by atoms with E-state index < -0.39 is 0 Å². The molecular weight excluding hydrogens is 314 g/mol. The quantitative estimate of drug-likeness (QED) is 0.713. The Hall–Kier alpha value is -2.62. The van der Waals surface area contributed by atoms with Gasteiger partial charge in [0.2, 0.25) is 0 Å². The molecule has 0 radical (unpaired) electrons. The fourth-order valence-corrected chi connectivity index (χ4v) is 2.53. The third-order valence-electron chi connectivity index (χ3n) is 3.94. The lowest BCUT2D eigenvalue weighted by atomic mass is 10.1. The molecule has 0 fully saturated rings. The first-order valence-corrected chi connectivity index (χ1v) is 8.66. The Morgan fingerprint density at radius 3 is 2.08 bits per heavy atom. The minimum absolute atomic E-state index is 0.0377. The molecule has 2 aromatic carbocycles. The van der Waals surface area contributed by atoms with Gasteiger partial charge in [0.15, 0.2) is 6.61 Å². The van der Waals surface area contributed by atoms with Crippen LogP contribution < -0.4 is 5.32 Å². The van der Waals surface area contributed by atoms with Crippen LogP contribution in [-0.2, 0) is 27.2 Å². The highest BCUT2D eigenvalue weighted by molar-refractivity contribution is 5.80. The van der Waals surface area contributed by atoms with Crippen molar-refractivity contribution in [1.82, 2.24) is 5.32 Å². The number of benzene rings is 2. The molecule has 0 aliphatic rings. The molecule has 132 valence electrons. The van der Waals surface area contributed by atoms with E-state index in [-0.39, 0.29) is 30.9 Å². The Kier molecular flexibility index (Phi) is 7.70. The Morgan fingerprint density at radius 1 is 0.920 bits per heavy atom. The average molecular weight is 339 g/mol. The molecular formula is C21H25NO3. The smallest absolute Gasteiger partial charge is 0.306 e. The van der Waals surface area contributed by atoms with Crippen molar-refractivity contribution in [3.63, 3.8) is 0 Å². The summed E-state index contributed by atoms with van der Waals surface area (Å²) in [4.78, 5) is 23.6. The molecule has 4 heteroatoms. The lowest BCUT2D eigenvalue weighted by molar-refractivity contribution is -0.148. The van der Waals surface area contributed by atoms with Gasteiger partial charge in [-0.1, -0.05) is 60.7 Å². The largest absolute Gasteiger partial charge is 0.456 e. The van der Waals surface area contributed by atoms with Crippen LogP contribution in [0.3, 0.4) is 0 Å². The number of carbonyl (C=O) groups excluding carboxylic acids is 2. The molecule has 1 amide bonds. The van der Waals surface area contributed by atoms with Crippen LogP contribution in [0.1, 0.15) is 30.9 Å². The second-order valence-corrected chi connectivity index (χ2v) is 6.14. The molecule has 0 saturated carbocycles. The zero-order valence-electron chi connectivity index (χ0n) is 14.6. The van der Waals surface area contributed by atoms with Gasteiger partial charge in [-0.05, 0) is 37.3 Å². The average Bonchev–Trinajstić information content (AvgIpc) is 2.65. The summed E-state index contributed by atoms with van der Waals surface area (Å²) < 4.78 is 5.04. The van der Waals surface area contributed by atoms with Crippen molar-refractivity contribution < 1.29 is 14.3 Å². The predicted molar refractivity (Wildman–Crippen MR) is 98.1 cm³/mol. The van der Waals surface area contributed by atoms with E-state index in [4.69, 9.17) is 4.74 Å². The molecule has 0 aliphatic heterocycles. The van der Waals surface area contributed by atoms with Gasteiger partial charge in [0, 0.05) is 12.5 Å². The number of aryl methyl sites for hydroxylation is 2. The Labute approximate surface area is 149 Å². The van der Waals surface area contributed by atoms with Crippen molar-refractivity contribution in [1.29, 1.82) is 0 Å². The molecule has 1 atom stereocenters. The highest BCUT2D eigenvalue weighted by Gasteiger charge is 2.11. The van der Waals surface area contributed by atoms with Gasteiger partial charge in [-0.2, -0.15) is 0 Å².